The summed E-state index contributed by atoms with van der Waals surface area (Å²) < 4.78 is 1.10. The lowest BCUT2D eigenvalue weighted by molar-refractivity contribution is 0.0986. The van der Waals surface area contributed by atoms with Crippen molar-refractivity contribution in [3.63, 3.8) is 0 Å². The molecule has 0 aliphatic rings. The Kier molecular flexibility index (Phi) is 7.84. The predicted molar refractivity (Wildman–Crippen MR) is 123 cm³/mol. The zero-order valence-electron chi connectivity index (χ0n) is 16.5. The van der Waals surface area contributed by atoms with Crippen molar-refractivity contribution in [3.05, 3.63) is 58.1 Å². The molecule has 0 aliphatic heterocycles. The minimum atomic E-state index is -0.0651. The van der Waals surface area contributed by atoms with Crippen LogP contribution in [0.2, 0.25) is 5.02 Å². The number of carbonyl (C=O) groups excluding carboxylic acids is 1. The van der Waals surface area contributed by atoms with E-state index in [0.29, 0.717) is 17.1 Å². The quantitative estimate of drug-likeness (QED) is 0.504. The van der Waals surface area contributed by atoms with Gasteiger partial charge in [0.05, 0.1) is 10.2 Å². The number of thiazole rings is 1. The molecule has 0 fully saturated rings. The standard InChI is InChI=1S/C21H24ClN3OS.ClH/c1-14-9-10-18-19(15(14)2)23-21(27-18)25(12-6-11-24(3)4)20(26)16-7-5-8-17(22)13-16;/h5,7-10,13H,6,11-12H2,1-4H3;1H. The van der Waals surface area contributed by atoms with Crippen molar-refractivity contribution in [2.75, 3.05) is 32.1 Å². The average Bonchev–Trinajstić information content (AvgIpc) is 3.06. The second-order valence-corrected chi connectivity index (χ2v) is 8.42. The molecule has 3 rings (SSSR count). The van der Waals surface area contributed by atoms with E-state index in [9.17, 15) is 4.79 Å². The van der Waals surface area contributed by atoms with E-state index in [1.165, 1.54) is 11.1 Å². The van der Waals surface area contributed by atoms with Crippen LogP contribution in [0.15, 0.2) is 36.4 Å². The highest BCUT2D eigenvalue weighted by molar-refractivity contribution is 7.22. The van der Waals surface area contributed by atoms with Gasteiger partial charge in [-0.2, -0.15) is 0 Å². The van der Waals surface area contributed by atoms with Crippen LogP contribution in [0.25, 0.3) is 10.2 Å². The molecule has 0 aliphatic carbocycles. The number of fused-ring (bicyclic) bond motifs is 1. The third-order valence-electron chi connectivity index (χ3n) is 4.61. The molecule has 0 unspecified atom stereocenters. The molecule has 0 N–H and O–H groups in total. The smallest absolute Gasteiger partial charge is 0.260 e. The van der Waals surface area contributed by atoms with E-state index in [0.717, 1.165) is 28.3 Å². The van der Waals surface area contributed by atoms with Gasteiger partial charge in [-0.3, -0.25) is 9.69 Å². The Balaban J connectivity index is 0.00000280. The molecule has 0 radical (unpaired) electrons. The van der Waals surface area contributed by atoms with Crippen molar-refractivity contribution in [2.24, 2.45) is 0 Å². The first-order valence-corrected chi connectivity index (χ1v) is 10.1. The molecule has 0 saturated carbocycles. The second kappa shape index (κ2) is 9.70. The van der Waals surface area contributed by atoms with Crippen LogP contribution in [0.4, 0.5) is 5.13 Å². The number of halogens is 2. The molecular formula is C21H25Cl2N3OS. The lowest BCUT2D eigenvalue weighted by Crippen LogP contribution is -2.33. The third kappa shape index (κ3) is 5.03. The predicted octanol–water partition coefficient (Wildman–Crippen LogP) is 5.59. The molecule has 0 spiro atoms. The van der Waals surface area contributed by atoms with Crippen LogP contribution in [0.1, 0.15) is 27.9 Å². The third-order valence-corrected chi connectivity index (χ3v) is 5.89. The molecule has 150 valence electrons. The van der Waals surface area contributed by atoms with Gasteiger partial charge in [0.1, 0.15) is 0 Å². The van der Waals surface area contributed by atoms with Gasteiger partial charge in [-0.1, -0.05) is 35.1 Å². The SMILES string of the molecule is Cc1ccc2sc(N(CCCN(C)C)C(=O)c3cccc(Cl)c3)nc2c1C.Cl. The highest BCUT2D eigenvalue weighted by Crippen LogP contribution is 2.33. The molecule has 7 heteroatoms. The summed E-state index contributed by atoms with van der Waals surface area (Å²) in [6.07, 6.45) is 0.868. The largest absolute Gasteiger partial charge is 0.309 e. The van der Waals surface area contributed by atoms with Crippen LogP contribution < -0.4 is 4.90 Å². The molecular weight excluding hydrogens is 413 g/mol. The van der Waals surface area contributed by atoms with Gasteiger partial charge in [0.2, 0.25) is 0 Å². The Hall–Kier alpha value is -1.66. The summed E-state index contributed by atoms with van der Waals surface area (Å²) in [5.41, 5.74) is 3.93. The molecule has 2 aromatic carbocycles. The number of nitrogens with zero attached hydrogens (tertiary/aromatic N) is 3. The lowest BCUT2D eigenvalue weighted by atomic mass is 10.1. The zero-order valence-corrected chi connectivity index (χ0v) is 18.9. The van der Waals surface area contributed by atoms with Crippen molar-refractivity contribution in [3.8, 4) is 0 Å². The molecule has 0 bridgehead atoms. The van der Waals surface area contributed by atoms with E-state index in [4.69, 9.17) is 16.6 Å². The molecule has 1 amide bonds. The Labute approximate surface area is 181 Å². The van der Waals surface area contributed by atoms with Crippen LogP contribution in [0, 0.1) is 13.8 Å². The van der Waals surface area contributed by atoms with Gasteiger partial charge in [-0.25, -0.2) is 4.98 Å². The van der Waals surface area contributed by atoms with Crippen molar-refractivity contribution >= 4 is 56.6 Å². The van der Waals surface area contributed by atoms with Gasteiger partial charge in [-0.05, 0) is 76.3 Å². The number of anilines is 1. The fraction of sp³-hybridized carbons (Fsp3) is 0.333. The summed E-state index contributed by atoms with van der Waals surface area (Å²) in [5, 5.41) is 1.30. The van der Waals surface area contributed by atoms with E-state index < -0.39 is 0 Å². The Morgan fingerprint density at radius 1 is 1.14 bits per heavy atom. The van der Waals surface area contributed by atoms with Gasteiger partial charge in [0.25, 0.3) is 5.91 Å². The number of carbonyl (C=O) groups is 1. The average molecular weight is 438 g/mol. The summed E-state index contributed by atoms with van der Waals surface area (Å²) in [5.74, 6) is -0.0651. The van der Waals surface area contributed by atoms with Crippen LogP contribution >= 0.6 is 35.3 Å². The molecule has 28 heavy (non-hydrogen) atoms. The molecule has 4 nitrogen and oxygen atoms in total. The number of rotatable bonds is 6. The summed E-state index contributed by atoms with van der Waals surface area (Å²) >= 11 is 7.66. The molecule has 0 atom stereocenters. The number of hydrogen-bond acceptors (Lipinski definition) is 4. The minimum absolute atomic E-state index is 0. The van der Waals surface area contributed by atoms with Gasteiger partial charge in [0.15, 0.2) is 5.13 Å². The van der Waals surface area contributed by atoms with E-state index in [2.05, 4.69) is 30.9 Å². The normalized spacial score (nSPS) is 10.9. The molecule has 3 aromatic rings. The van der Waals surface area contributed by atoms with Crippen LogP contribution in [0.3, 0.4) is 0 Å². The fourth-order valence-electron chi connectivity index (χ4n) is 2.94. The number of aromatic nitrogens is 1. The minimum Gasteiger partial charge on any atom is -0.309 e. The van der Waals surface area contributed by atoms with E-state index >= 15 is 0 Å². The summed E-state index contributed by atoms with van der Waals surface area (Å²) in [6, 6.07) is 11.3. The van der Waals surface area contributed by atoms with Crippen LogP contribution in [-0.2, 0) is 0 Å². The topological polar surface area (TPSA) is 36.4 Å². The first-order valence-electron chi connectivity index (χ1n) is 8.95. The fourth-order valence-corrected chi connectivity index (χ4v) is 4.18. The van der Waals surface area contributed by atoms with E-state index in [1.807, 2.05) is 14.1 Å². The molecule has 1 heterocycles. The maximum absolute atomic E-state index is 13.2. The highest BCUT2D eigenvalue weighted by Gasteiger charge is 2.22. The van der Waals surface area contributed by atoms with Crippen molar-refractivity contribution < 1.29 is 4.79 Å². The highest BCUT2D eigenvalue weighted by atomic mass is 35.5. The Morgan fingerprint density at radius 2 is 1.89 bits per heavy atom. The Bertz CT molecular complexity index is 971. The number of aryl methyl sites for hydroxylation is 2. The lowest BCUT2D eigenvalue weighted by Gasteiger charge is -2.21. The van der Waals surface area contributed by atoms with Gasteiger partial charge >= 0.3 is 0 Å². The zero-order chi connectivity index (χ0) is 19.6. The maximum atomic E-state index is 13.2. The van der Waals surface area contributed by atoms with Gasteiger partial charge in [-0.15, -0.1) is 12.4 Å². The van der Waals surface area contributed by atoms with Crippen molar-refractivity contribution in [2.45, 2.75) is 20.3 Å². The van der Waals surface area contributed by atoms with Crippen molar-refractivity contribution in [1.82, 2.24) is 9.88 Å². The Morgan fingerprint density at radius 3 is 2.57 bits per heavy atom. The monoisotopic (exact) mass is 437 g/mol. The number of benzene rings is 2. The number of hydrogen-bond donors (Lipinski definition) is 0. The first-order chi connectivity index (χ1) is 12.9. The maximum Gasteiger partial charge on any atom is 0.260 e. The van der Waals surface area contributed by atoms with Crippen LogP contribution in [0.5, 0.6) is 0 Å². The van der Waals surface area contributed by atoms with E-state index in [-0.39, 0.29) is 18.3 Å². The van der Waals surface area contributed by atoms with Crippen LogP contribution in [-0.4, -0.2) is 43.0 Å². The van der Waals surface area contributed by atoms with Gasteiger partial charge < -0.3 is 4.90 Å². The molecule has 1 aromatic heterocycles. The summed E-state index contributed by atoms with van der Waals surface area (Å²) in [6.45, 7) is 5.68. The van der Waals surface area contributed by atoms with E-state index in [1.54, 1.807) is 40.5 Å². The second-order valence-electron chi connectivity index (χ2n) is 6.97. The summed E-state index contributed by atoms with van der Waals surface area (Å²) in [7, 11) is 4.07. The first kappa shape index (κ1) is 22.6. The number of amides is 1. The molecule has 0 saturated heterocycles. The van der Waals surface area contributed by atoms with Crippen molar-refractivity contribution in [1.29, 1.82) is 0 Å². The summed E-state index contributed by atoms with van der Waals surface area (Å²) in [4.78, 5) is 21.9. The van der Waals surface area contributed by atoms with Gasteiger partial charge in [0, 0.05) is 17.1 Å².